The van der Waals surface area contributed by atoms with Crippen molar-refractivity contribution in [2.75, 3.05) is 13.1 Å². The minimum absolute atomic E-state index is 0.402. The number of benzene rings is 1. The Balaban J connectivity index is 1.62. The number of hydrogen-bond donors (Lipinski definition) is 3. The minimum Gasteiger partial charge on any atom is -0.506 e. The van der Waals surface area contributed by atoms with Gasteiger partial charge in [0.2, 0.25) is 0 Å². The van der Waals surface area contributed by atoms with E-state index in [0.717, 1.165) is 37.0 Å². The number of carboxylic acids is 1. The van der Waals surface area contributed by atoms with Crippen LogP contribution in [0.2, 0.25) is 0 Å². The van der Waals surface area contributed by atoms with Gasteiger partial charge in [0.25, 0.3) is 5.56 Å². The summed E-state index contributed by atoms with van der Waals surface area (Å²) < 4.78 is 2.39. The number of carboxylic acid groups (broad SMARTS) is 1. The Morgan fingerprint density at radius 2 is 1.97 bits per heavy atom. The zero-order valence-electron chi connectivity index (χ0n) is 16.9. The van der Waals surface area contributed by atoms with Crippen LogP contribution in [0.5, 0.6) is 5.75 Å². The molecule has 7 heteroatoms. The van der Waals surface area contributed by atoms with Gasteiger partial charge in [-0.05, 0) is 62.5 Å². The van der Waals surface area contributed by atoms with Crippen LogP contribution < -0.4 is 5.56 Å². The summed E-state index contributed by atoms with van der Waals surface area (Å²) in [6.07, 6.45) is 4.08. The highest BCUT2D eigenvalue weighted by Gasteiger charge is 2.31. The van der Waals surface area contributed by atoms with Crippen LogP contribution in [0.4, 0.5) is 0 Å². The molecule has 156 valence electrons. The van der Waals surface area contributed by atoms with Gasteiger partial charge >= 0.3 is 5.97 Å². The molecule has 2 aliphatic heterocycles. The van der Waals surface area contributed by atoms with Crippen molar-refractivity contribution in [3.8, 4) is 17.0 Å². The summed E-state index contributed by atoms with van der Waals surface area (Å²) >= 11 is 0. The predicted octanol–water partition coefficient (Wildman–Crippen LogP) is 3.50. The van der Waals surface area contributed by atoms with Crippen molar-refractivity contribution in [2.45, 2.75) is 45.2 Å². The normalized spacial score (nSPS) is 18.9. The van der Waals surface area contributed by atoms with Crippen molar-refractivity contribution in [3.05, 3.63) is 51.4 Å². The molecule has 1 aromatic carbocycles. The molecule has 1 unspecified atom stereocenters. The molecule has 1 atom stereocenters. The number of aromatic hydroxyl groups is 1. The largest absolute Gasteiger partial charge is 0.506 e. The summed E-state index contributed by atoms with van der Waals surface area (Å²) in [5.74, 6) is -1.88. The molecule has 0 bridgehead atoms. The lowest BCUT2D eigenvalue weighted by Crippen LogP contribution is -2.23. The van der Waals surface area contributed by atoms with Crippen LogP contribution in [0.15, 0.2) is 29.1 Å². The summed E-state index contributed by atoms with van der Waals surface area (Å²) in [6, 6.07) is 8.72. The molecule has 0 amide bonds. The summed E-state index contributed by atoms with van der Waals surface area (Å²) in [6.45, 7) is 5.15. The number of fused-ring (bicyclic) bond motifs is 3. The van der Waals surface area contributed by atoms with Crippen LogP contribution in [-0.2, 0) is 13.0 Å². The second kappa shape index (κ2) is 7.02. The average molecular weight is 407 g/mol. The maximum absolute atomic E-state index is 12.3. The first-order valence-corrected chi connectivity index (χ1v) is 10.6. The van der Waals surface area contributed by atoms with Crippen LogP contribution in [0, 0.1) is 0 Å². The quantitative estimate of drug-likeness (QED) is 0.615. The van der Waals surface area contributed by atoms with Crippen molar-refractivity contribution in [1.29, 1.82) is 0 Å². The van der Waals surface area contributed by atoms with Gasteiger partial charge in [-0.1, -0.05) is 13.0 Å². The number of aromatic amines is 1. The first kappa shape index (κ1) is 18.9. The third-order valence-corrected chi connectivity index (χ3v) is 6.63. The highest BCUT2D eigenvalue weighted by Crippen LogP contribution is 2.39. The second-order valence-electron chi connectivity index (χ2n) is 8.23. The van der Waals surface area contributed by atoms with Gasteiger partial charge in [-0.15, -0.1) is 0 Å². The smallest absolute Gasteiger partial charge is 0.345 e. The average Bonchev–Trinajstić information content (AvgIpc) is 3.43. The van der Waals surface area contributed by atoms with E-state index in [0.29, 0.717) is 23.7 Å². The third-order valence-electron chi connectivity index (χ3n) is 6.63. The Morgan fingerprint density at radius 1 is 1.20 bits per heavy atom. The van der Waals surface area contributed by atoms with Gasteiger partial charge in [0, 0.05) is 28.7 Å². The summed E-state index contributed by atoms with van der Waals surface area (Å²) in [5, 5.41) is 20.8. The molecular formula is C23H25N3O4. The Hall–Kier alpha value is -3.06. The molecule has 7 nitrogen and oxygen atoms in total. The molecule has 1 saturated heterocycles. The third kappa shape index (κ3) is 2.76. The number of aryl methyl sites for hydroxylation is 1. The van der Waals surface area contributed by atoms with Crippen molar-refractivity contribution in [2.24, 2.45) is 0 Å². The fourth-order valence-electron chi connectivity index (χ4n) is 5.21. The van der Waals surface area contributed by atoms with Crippen LogP contribution in [0.1, 0.15) is 53.8 Å². The highest BCUT2D eigenvalue weighted by atomic mass is 16.4. The van der Waals surface area contributed by atoms with Gasteiger partial charge in [0.1, 0.15) is 5.75 Å². The van der Waals surface area contributed by atoms with Crippen molar-refractivity contribution in [1.82, 2.24) is 14.5 Å². The molecule has 3 N–H and O–H groups in total. The molecule has 0 radical (unpaired) electrons. The summed E-state index contributed by atoms with van der Waals surface area (Å²) in [5.41, 5.74) is 2.81. The Labute approximate surface area is 173 Å². The van der Waals surface area contributed by atoms with E-state index in [2.05, 4.69) is 26.6 Å². The Bertz CT molecular complexity index is 1220. The molecule has 0 spiro atoms. The molecule has 1 fully saturated rings. The van der Waals surface area contributed by atoms with Gasteiger partial charge < -0.3 is 19.8 Å². The van der Waals surface area contributed by atoms with E-state index in [1.165, 1.54) is 24.1 Å². The zero-order chi connectivity index (χ0) is 21.0. The lowest BCUT2D eigenvalue weighted by atomic mass is 9.99. The van der Waals surface area contributed by atoms with Gasteiger partial charge in [0.15, 0.2) is 5.56 Å². The molecule has 2 aromatic heterocycles. The van der Waals surface area contributed by atoms with Crippen molar-refractivity contribution in [3.63, 3.8) is 0 Å². The fourth-order valence-corrected chi connectivity index (χ4v) is 5.21. The molecule has 0 saturated carbocycles. The Kier molecular flexibility index (Phi) is 4.43. The number of rotatable bonds is 4. The van der Waals surface area contributed by atoms with Crippen LogP contribution in [0.3, 0.4) is 0 Å². The number of aromatic carboxylic acids is 1. The van der Waals surface area contributed by atoms with Gasteiger partial charge in [0.05, 0.1) is 11.7 Å². The van der Waals surface area contributed by atoms with Crippen molar-refractivity contribution < 1.29 is 15.0 Å². The molecule has 3 aromatic rings. The number of H-pyrrole nitrogens is 1. The molecular weight excluding hydrogens is 382 g/mol. The van der Waals surface area contributed by atoms with E-state index in [9.17, 15) is 19.8 Å². The molecule has 4 heterocycles. The highest BCUT2D eigenvalue weighted by molar-refractivity contribution is 5.92. The van der Waals surface area contributed by atoms with Gasteiger partial charge in [-0.3, -0.25) is 9.69 Å². The summed E-state index contributed by atoms with van der Waals surface area (Å²) in [4.78, 5) is 28.9. The van der Waals surface area contributed by atoms with Gasteiger partial charge in [-0.25, -0.2) is 4.79 Å². The molecule has 0 aliphatic carbocycles. The van der Waals surface area contributed by atoms with Crippen LogP contribution in [-0.4, -0.2) is 43.7 Å². The first-order valence-electron chi connectivity index (χ1n) is 10.6. The van der Waals surface area contributed by atoms with Crippen LogP contribution >= 0.6 is 0 Å². The number of pyridine rings is 1. The standard InChI is InChI=1S/C23H25N3O4/c1-2-15-20(24-22(28)19(21(15)27)23(29)30)13-5-6-16-14(11-13)12-18-17(7-10-26(16)18)25-8-3-4-9-25/h5-6,11-12,17H,2-4,7-10H2,1H3,(H,29,30)(H2,24,27,28). The number of likely N-dealkylation sites (tertiary alicyclic amines) is 1. The molecule has 2 aliphatic rings. The van der Waals surface area contributed by atoms with E-state index in [1.54, 1.807) is 0 Å². The lowest BCUT2D eigenvalue weighted by Gasteiger charge is -2.22. The number of hydrogen-bond acceptors (Lipinski definition) is 4. The fraction of sp³-hybridized carbons (Fsp3) is 0.391. The van der Waals surface area contributed by atoms with E-state index < -0.39 is 22.8 Å². The molecule has 30 heavy (non-hydrogen) atoms. The molecule has 5 rings (SSSR count). The van der Waals surface area contributed by atoms with Crippen molar-refractivity contribution >= 4 is 16.9 Å². The van der Waals surface area contributed by atoms with E-state index in [1.807, 2.05) is 19.1 Å². The van der Waals surface area contributed by atoms with Crippen LogP contribution in [0.25, 0.3) is 22.2 Å². The predicted molar refractivity (Wildman–Crippen MR) is 114 cm³/mol. The van der Waals surface area contributed by atoms with E-state index in [4.69, 9.17) is 0 Å². The maximum Gasteiger partial charge on any atom is 0.345 e. The summed E-state index contributed by atoms with van der Waals surface area (Å²) in [7, 11) is 0. The maximum atomic E-state index is 12.3. The SMILES string of the molecule is CCc1c(-c2ccc3c(c2)cc2n3CCC2N2CCCC2)[nH]c(=O)c(C(=O)O)c1O. The number of aromatic nitrogens is 2. The number of nitrogens with zero attached hydrogens (tertiary/aromatic N) is 2. The monoisotopic (exact) mass is 407 g/mol. The number of nitrogens with one attached hydrogen (secondary N) is 1. The van der Waals surface area contributed by atoms with E-state index >= 15 is 0 Å². The first-order chi connectivity index (χ1) is 14.5. The van der Waals surface area contributed by atoms with Gasteiger partial charge in [-0.2, -0.15) is 0 Å². The Morgan fingerprint density at radius 3 is 2.67 bits per heavy atom. The topological polar surface area (TPSA) is 98.6 Å². The van der Waals surface area contributed by atoms with E-state index in [-0.39, 0.29) is 0 Å². The minimum atomic E-state index is -1.43. The zero-order valence-corrected chi connectivity index (χ0v) is 16.9. The number of carbonyl (C=O) groups is 1. The second-order valence-corrected chi connectivity index (χ2v) is 8.23. The lowest BCUT2D eigenvalue weighted by molar-refractivity contribution is 0.0691.